The zero-order valence-corrected chi connectivity index (χ0v) is 16.0. The number of piperidine rings is 1. The van der Waals surface area contributed by atoms with Crippen LogP contribution in [0.4, 0.5) is 11.4 Å². The molecule has 2 aromatic rings. The van der Waals surface area contributed by atoms with Crippen LogP contribution in [-0.2, 0) is 19.6 Å². The number of nitrogens with one attached hydrogen (secondary N) is 1. The molecule has 7 nitrogen and oxygen atoms in total. The van der Waals surface area contributed by atoms with Crippen molar-refractivity contribution in [3.8, 4) is 5.75 Å². The van der Waals surface area contributed by atoms with E-state index < -0.39 is 10.0 Å². The van der Waals surface area contributed by atoms with Crippen molar-refractivity contribution in [2.24, 2.45) is 0 Å². The fourth-order valence-corrected chi connectivity index (χ4v) is 4.07. The molecule has 1 saturated heterocycles. The molecular formula is C18H17ClN2O5S. The third-order valence-electron chi connectivity index (χ3n) is 4.09. The minimum absolute atomic E-state index is 0.00454. The molecule has 1 heterocycles. The Hall–Kier alpha value is -2.58. The summed E-state index contributed by atoms with van der Waals surface area (Å²) < 4.78 is 32.6. The zero-order valence-electron chi connectivity index (χ0n) is 14.4. The summed E-state index contributed by atoms with van der Waals surface area (Å²) >= 11 is 6.01. The fraction of sp³-hybridized carbons (Fsp3) is 0.222. The van der Waals surface area contributed by atoms with Crippen LogP contribution in [0.2, 0.25) is 5.02 Å². The van der Waals surface area contributed by atoms with Crippen LogP contribution in [0.1, 0.15) is 19.3 Å². The number of anilines is 2. The number of hydrogen-bond donors (Lipinski definition) is 1. The molecule has 1 aliphatic heterocycles. The Balaban J connectivity index is 1.82. The second kappa shape index (κ2) is 7.58. The van der Waals surface area contributed by atoms with Gasteiger partial charge in [0.2, 0.25) is 11.8 Å². The van der Waals surface area contributed by atoms with Gasteiger partial charge in [0.05, 0.1) is 28.4 Å². The van der Waals surface area contributed by atoms with Gasteiger partial charge in [-0.05, 0) is 48.9 Å². The van der Waals surface area contributed by atoms with Gasteiger partial charge in [0, 0.05) is 12.8 Å². The number of nitrogens with zero attached hydrogens (tertiary/aromatic N) is 1. The first kappa shape index (κ1) is 19.2. The lowest BCUT2D eigenvalue weighted by atomic mass is 10.1. The highest BCUT2D eigenvalue weighted by molar-refractivity contribution is 7.92. The molecule has 3 rings (SSSR count). The first-order valence-electron chi connectivity index (χ1n) is 8.14. The van der Waals surface area contributed by atoms with Crippen LogP contribution in [0, 0.1) is 0 Å². The molecule has 0 unspecified atom stereocenters. The van der Waals surface area contributed by atoms with Gasteiger partial charge in [-0.15, -0.1) is 0 Å². The van der Waals surface area contributed by atoms with Crippen molar-refractivity contribution >= 4 is 44.8 Å². The van der Waals surface area contributed by atoms with Crippen LogP contribution in [0.15, 0.2) is 47.4 Å². The summed E-state index contributed by atoms with van der Waals surface area (Å²) in [6, 6.07) is 10.1. The van der Waals surface area contributed by atoms with Crippen LogP contribution < -0.4 is 14.4 Å². The smallest absolute Gasteiger partial charge is 0.261 e. The van der Waals surface area contributed by atoms with Crippen molar-refractivity contribution in [1.29, 1.82) is 0 Å². The first-order valence-corrected chi connectivity index (χ1v) is 10.00. The number of methoxy groups -OCH3 is 1. The summed E-state index contributed by atoms with van der Waals surface area (Å²) in [6.07, 6.45) is 1.13. The van der Waals surface area contributed by atoms with E-state index in [9.17, 15) is 18.0 Å². The number of hydrogen-bond acceptors (Lipinski definition) is 5. The van der Waals surface area contributed by atoms with Crippen molar-refractivity contribution in [3.05, 3.63) is 47.5 Å². The fourth-order valence-electron chi connectivity index (χ4n) is 2.76. The summed E-state index contributed by atoms with van der Waals surface area (Å²) in [6.45, 7) is 0. The van der Waals surface area contributed by atoms with E-state index in [1.54, 1.807) is 6.07 Å². The summed E-state index contributed by atoms with van der Waals surface area (Å²) in [4.78, 5) is 25.0. The maximum atomic E-state index is 12.6. The highest BCUT2D eigenvalue weighted by Gasteiger charge is 2.27. The predicted octanol–water partition coefficient (Wildman–Crippen LogP) is 3.19. The molecular weight excluding hydrogens is 392 g/mol. The lowest BCUT2D eigenvalue weighted by Crippen LogP contribution is -2.40. The normalized spacial score (nSPS) is 15.0. The van der Waals surface area contributed by atoms with E-state index in [4.69, 9.17) is 16.3 Å². The molecule has 1 N–H and O–H groups in total. The van der Waals surface area contributed by atoms with Gasteiger partial charge in [-0.1, -0.05) is 11.6 Å². The molecule has 1 fully saturated rings. The molecule has 0 saturated carbocycles. The number of benzene rings is 2. The molecule has 142 valence electrons. The summed E-state index contributed by atoms with van der Waals surface area (Å²) in [7, 11) is -2.40. The van der Waals surface area contributed by atoms with Gasteiger partial charge in [-0.25, -0.2) is 8.42 Å². The van der Waals surface area contributed by atoms with Crippen molar-refractivity contribution in [3.63, 3.8) is 0 Å². The third kappa shape index (κ3) is 4.06. The summed E-state index contributed by atoms with van der Waals surface area (Å²) in [5.41, 5.74) is 0.641. The number of sulfonamides is 1. The molecule has 0 atom stereocenters. The van der Waals surface area contributed by atoms with Gasteiger partial charge >= 0.3 is 0 Å². The lowest BCUT2D eigenvalue weighted by Gasteiger charge is -2.24. The van der Waals surface area contributed by atoms with Gasteiger partial charge in [0.25, 0.3) is 10.0 Å². The topological polar surface area (TPSA) is 92.8 Å². The number of amides is 2. The minimum atomic E-state index is -3.86. The van der Waals surface area contributed by atoms with Crippen LogP contribution in [0.25, 0.3) is 0 Å². The SMILES string of the molecule is COc1ccc(NS(=O)(=O)c2ccc(N3C(=O)CCCC3=O)cc2)cc1Cl. The molecule has 27 heavy (non-hydrogen) atoms. The van der Waals surface area contributed by atoms with Crippen molar-refractivity contribution < 1.29 is 22.7 Å². The van der Waals surface area contributed by atoms with E-state index in [1.165, 1.54) is 43.5 Å². The van der Waals surface area contributed by atoms with E-state index in [2.05, 4.69) is 4.72 Å². The van der Waals surface area contributed by atoms with Gasteiger partial charge in [0.15, 0.2) is 0 Å². The molecule has 0 spiro atoms. The Morgan fingerprint density at radius 3 is 2.22 bits per heavy atom. The van der Waals surface area contributed by atoms with Gasteiger partial charge in [-0.3, -0.25) is 19.2 Å². The predicted molar refractivity (Wildman–Crippen MR) is 102 cm³/mol. The summed E-state index contributed by atoms with van der Waals surface area (Å²) in [5.74, 6) is -0.138. The van der Waals surface area contributed by atoms with Crippen molar-refractivity contribution in [2.75, 3.05) is 16.7 Å². The molecule has 0 aliphatic carbocycles. The number of carbonyl (C=O) groups is 2. The Bertz CT molecular complexity index is 973. The Kier molecular flexibility index (Phi) is 5.38. The van der Waals surface area contributed by atoms with E-state index >= 15 is 0 Å². The Morgan fingerprint density at radius 2 is 1.67 bits per heavy atom. The average Bonchev–Trinajstić information content (AvgIpc) is 2.62. The van der Waals surface area contributed by atoms with Crippen LogP contribution >= 0.6 is 11.6 Å². The highest BCUT2D eigenvalue weighted by Crippen LogP contribution is 2.29. The summed E-state index contributed by atoms with van der Waals surface area (Å²) in [5, 5.41) is 0.273. The number of carbonyl (C=O) groups excluding carboxylic acids is 2. The molecule has 9 heteroatoms. The van der Waals surface area contributed by atoms with E-state index in [0.717, 1.165) is 4.90 Å². The largest absolute Gasteiger partial charge is 0.495 e. The molecule has 1 aliphatic rings. The standard InChI is InChI=1S/C18H17ClN2O5S/c1-26-16-10-5-12(11-15(16)19)20-27(24,25)14-8-6-13(7-9-14)21-17(22)3-2-4-18(21)23/h5-11,20H,2-4H2,1H3. The maximum absolute atomic E-state index is 12.6. The zero-order chi connectivity index (χ0) is 19.6. The maximum Gasteiger partial charge on any atom is 0.261 e. The van der Waals surface area contributed by atoms with Crippen molar-refractivity contribution in [1.82, 2.24) is 0 Å². The molecule has 0 aromatic heterocycles. The molecule has 0 bridgehead atoms. The number of imide groups is 1. The lowest BCUT2D eigenvalue weighted by molar-refractivity contribution is -0.129. The van der Waals surface area contributed by atoms with E-state index in [-0.39, 0.29) is 27.4 Å². The average molecular weight is 409 g/mol. The van der Waals surface area contributed by atoms with E-state index in [1.807, 2.05) is 0 Å². The number of ether oxygens (including phenoxy) is 1. The van der Waals surface area contributed by atoms with Crippen LogP contribution in [0.5, 0.6) is 5.75 Å². The quantitative estimate of drug-likeness (QED) is 0.767. The molecule has 0 radical (unpaired) electrons. The van der Waals surface area contributed by atoms with Crippen LogP contribution in [0.3, 0.4) is 0 Å². The number of rotatable bonds is 5. The van der Waals surface area contributed by atoms with Gasteiger partial charge < -0.3 is 4.74 Å². The third-order valence-corrected chi connectivity index (χ3v) is 5.78. The molecule has 2 aromatic carbocycles. The second-order valence-corrected chi connectivity index (χ2v) is 8.01. The van der Waals surface area contributed by atoms with Gasteiger partial charge in [-0.2, -0.15) is 0 Å². The number of halogens is 1. The highest BCUT2D eigenvalue weighted by atomic mass is 35.5. The van der Waals surface area contributed by atoms with Gasteiger partial charge in [0.1, 0.15) is 5.75 Å². The Morgan fingerprint density at radius 1 is 1.04 bits per heavy atom. The Labute approximate surface area is 161 Å². The van der Waals surface area contributed by atoms with Crippen LogP contribution in [-0.4, -0.2) is 27.3 Å². The minimum Gasteiger partial charge on any atom is -0.495 e. The monoisotopic (exact) mass is 408 g/mol. The molecule has 2 amide bonds. The first-order chi connectivity index (χ1) is 12.8. The second-order valence-electron chi connectivity index (χ2n) is 5.93. The van der Waals surface area contributed by atoms with Crippen molar-refractivity contribution in [2.45, 2.75) is 24.2 Å². The van der Waals surface area contributed by atoms with E-state index in [0.29, 0.717) is 30.7 Å².